The zero-order valence-corrected chi connectivity index (χ0v) is 18.7. The summed E-state index contributed by atoms with van der Waals surface area (Å²) < 4.78 is 0. The van der Waals surface area contributed by atoms with Gasteiger partial charge in [-0.3, -0.25) is 4.79 Å². The van der Waals surface area contributed by atoms with Crippen molar-refractivity contribution in [2.45, 2.75) is 58.8 Å². The second kappa shape index (κ2) is 14.0. The zero-order valence-electron chi connectivity index (χ0n) is 17.0. The zero-order chi connectivity index (χ0) is 17.4. The van der Waals surface area contributed by atoms with Gasteiger partial charge in [-0.1, -0.05) is 20.3 Å². The van der Waals surface area contributed by atoms with E-state index in [1.807, 2.05) is 0 Å². The summed E-state index contributed by atoms with van der Waals surface area (Å²) in [6.45, 7) is 11.1. The van der Waals surface area contributed by atoms with Crippen molar-refractivity contribution in [2.24, 2.45) is 17.8 Å². The van der Waals surface area contributed by atoms with Gasteiger partial charge in [0.1, 0.15) is 0 Å². The number of carbonyl (C=O) groups excluding carboxylic acids is 1. The summed E-state index contributed by atoms with van der Waals surface area (Å²) in [4.78, 5) is 17.2. The number of rotatable bonds is 8. The molecule has 0 aromatic carbocycles. The normalized spacial score (nSPS) is 22.5. The number of piperidine rings is 2. The van der Waals surface area contributed by atoms with E-state index in [1.165, 1.54) is 51.6 Å². The van der Waals surface area contributed by atoms with Gasteiger partial charge < -0.3 is 15.1 Å². The largest absolute Gasteiger partial charge is 0.343 e. The highest BCUT2D eigenvalue weighted by molar-refractivity contribution is 5.85. The van der Waals surface area contributed by atoms with Crippen molar-refractivity contribution in [1.82, 2.24) is 15.1 Å². The van der Waals surface area contributed by atoms with Crippen LogP contribution in [-0.4, -0.2) is 62.0 Å². The van der Waals surface area contributed by atoms with Crippen molar-refractivity contribution in [3.63, 3.8) is 0 Å². The molecule has 0 saturated carbocycles. The van der Waals surface area contributed by atoms with E-state index in [-0.39, 0.29) is 24.8 Å². The maximum Gasteiger partial charge on any atom is 0.222 e. The molecular formula is C20H41Cl2N3O. The summed E-state index contributed by atoms with van der Waals surface area (Å²) in [5, 5.41) is 3.48. The summed E-state index contributed by atoms with van der Waals surface area (Å²) in [6, 6.07) is 0. The molecule has 6 heteroatoms. The van der Waals surface area contributed by atoms with E-state index in [0.717, 1.165) is 38.5 Å². The van der Waals surface area contributed by atoms with Crippen LogP contribution < -0.4 is 5.32 Å². The van der Waals surface area contributed by atoms with E-state index in [0.29, 0.717) is 17.7 Å². The SMILES string of the molecule is CCCCN(C)CC1CCN(C(=O)CC(C)C2CCCNC2)CC1.Cl.Cl. The molecule has 2 rings (SSSR count). The lowest BCUT2D eigenvalue weighted by Crippen LogP contribution is -2.42. The molecule has 2 aliphatic heterocycles. The molecule has 2 atom stereocenters. The van der Waals surface area contributed by atoms with Crippen LogP contribution in [0.4, 0.5) is 0 Å². The highest BCUT2D eigenvalue weighted by atomic mass is 35.5. The van der Waals surface area contributed by atoms with Crippen LogP contribution in [-0.2, 0) is 4.79 Å². The predicted molar refractivity (Wildman–Crippen MR) is 116 cm³/mol. The highest BCUT2D eigenvalue weighted by Gasteiger charge is 2.27. The maximum absolute atomic E-state index is 12.6. The average molecular weight is 410 g/mol. The van der Waals surface area contributed by atoms with Crippen molar-refractivity contribution in [2.75, 3.05) is 46.3 Å². The number of amides is 1. The molecule has 1 amide bonds. The highest BCUT2D eigenvalue weighted by Crippen LogP contribution is 2.25. The molecule has 2 fully saturated rings. The topological polar surface area (TPSA) is 35.6 Å². The Morgan fingerprint density at radius 1 is 1.23 bits per heavy atom. The summed E-state index contributed by atoms with van der Waals surface area (Å²) in [5.41, 5.74) is 0. The summed E-state index contributed by atoms with van der Waals surface area (Å²) in [5.74, 6) is 2.37. The van der Waals surface area contributed by atoms with Gasteiger partial charge in [0.15, 0.2) is 0 Å². The molecule has 0 bridgehead atoms. The third-order valence-corrected chi connectivity index (χ3v) is 6.07. The Morgan fingerprint density at radius 2 is 1.92 bits per heavy atom. The second-order valence-electron chi connectivity index (χ2n) is 8.23. The third-order valence-electron chi connectivity index (χ3n) is 6.07. The Hall–Kier alpha value is -0.0300. The number of hydrogen-bond acceptors (Lipinski definition) is 3. The molecule has 2 unspecified atom stereocenters. The molecule has 2 heterocycles. The van der Waals surface area contributed by atoms with E-state index in [1.54, 1.807) is 0 Å². The van der Waals surface area contributed by atoms with Crippen LogP contribution in [0.3, 0.4) is 0 Å². The number of carbonyl (C=O) groups is 1. The standard InChI is InChI=1S/C20H39N3O.2ClH/c1-4-5-11-22(3)16-18-8-12-23(13-9-18)20(24)14-17(2)19-7-6-10-21-15-19;;/h17-19,21H,4-16H2,1-3H3;2*1H. The minimum atomic E-state index is 0. The van der Waals surface area contributed by atoms with Gasteiger partial charge in [-0.15, -0.1) is 24.8 Å². The van der Waals surface area contributed by atoms with E-state index >= 15 is 0 Å². The quantitative estimate of drug-likeness (QED) is 0.661. The van der Waals surface area contributed by atoms with Crippen molar-refractivity contribution in [3.8, 4) is 0 Å². The van der Waals surface area contributed by atoms with Crippen molar-refractivity contribution < 1.29 is 4.79 Å². The van der Waals surface area contributed by atoms with Gasteiger partial charge in [0, 0.05) is 26.1 Å². The van der Waals surface area contributed by atoms with Gasteiger partial charge in [0.05, 0.1) is 0 Å². The van der Waals surface area contributed by atoms with Crippen molar-refractivity contribution in [1.29, 1.82) is 0 Å². The molecule has 0 aromatic rings. The van der Waals surface area contributed by atoms with E-state index in [9.17, 15) is 4.79 Å². The van der Waals surface area contributed by atoms with E-state index in [2.05, 4.69) is 36.0 Å². The molecule has 0 aliphatic carbocycles. The molecule has 2 aliphatic rings. The molecule has 0 aromatic heterocycles. The Balaban J connectivity index is 0.00000312. The van der Waals surface area contributed by atoms with Crippen LogP contribution in [0.1, 0.15) is 58.8 Å². The fourth-order valence-electron chi connectivity index (χ4n) is 4.26. The van der Waals surface area contributed by atoms with Crippen LogP contribution >= 0.6 is 24.8 Å². The molecule has 0 spiro atoms. The predicted octanol–water partition coefficient (Wildman–Crippen LogP) is 3.83. The van der Waals surface area contributed by atoms with Gasteiger partial charge >= 0.3 is 0 Å². The summed E-state index contributed by atoms with van der Waals surface area (Å²) in [6.07, 6.45) is 8.22. The first-order valence-electron chi connectivity index (χ1n) is 10.3. The van der Waals surface area contributed by atoms with Crippen molar-refractivity contribution >= 4 is 30.7 Å². The number of hydrogen-bond donors (Lipinski definition) is 1. The number of likely N-dealkylation sites (tertiary alicyclic amines) is 1. The molecule has 0 radical (unpaired) electrons. The molecule has 4 nitrogen and oxygen atoms in total. The summed E-state index contributed by atoms with van der Waals surface area (Å²) >= 11 is 0. The molecule has 1 N–H and O–H groups in total. The smallest absolute Gasteiger partial charge is 0.222 e. The Labute approximate surface area is 173 Å². The molecule has 26 heavy (non-hydrogen) atoms. The van der Waals surface area contributed by atoms with Gasteiger partial charge in [-0.25, -0.2) is 0 Å². The first-order valence-corrected chi connectivity index (χ1v) is 10.3. The van der Waals surface area contributed by atoms with Gasteiger partial charge in [0.2, 0.25) is 5.91 Å². The number of nitrogens with zero attached hydrogens (tertiary/aromatic N) is 2. The minimum Gasteiger partial charge on any atom is -0.343 e. The van der Waals surface area contributed by atoms with Gasteiger partial charge in [-0.2, -0.15) is 0 Å². The second-order valence-corrected chi connectivity index (χ2v) is 8.23. The number of unbranched alkanes of at least 4 members (excludes halogenated alkanes) is 1. The Kier molecular flexibility index (Phi) is 14.0. The Morgan fingerprint density at radius 3 is 2.50 bits per heavy atom. The van der Waals surface area contributed by atoms with Crippen LogP contribution in [0, 0.1) is 17.8 Å². The average Bonchev–Trinajstić information content (AvgIpc) is 2.61. The minimum absolute atomic E-state index is 0. The van der Waals surface area contributed by atoms with Crippen LogP contribution in [0.2, 0.25) is 0 Å². The first-order chi connectivity index (χ1) is 11.6. The number of nitrogens with one attached hydrogen (secondary N) is 1. The van der Waals surface area contributed by atoms with Crippen molar-refractivity contribution in [3.05, 3.63) is 0 Å². The van der Waals surface area contributed by atoms with E-state index < -0.39 is 0 Å². The molecule has 2 saturated heterocycles. The third kappa shape index (κ3) is 8.77. The lowest BCUT2D eigenvalue weighted by molar-refractivity contribution is -0.134. The van der Waals surface area contributed by atoms with E-state index in [4.69, 9.17) is 0 Å². The molecular weight excluding hydrogens is 369 g/mol. The van der Waals surface area contributed by atoms with Crippen LogP contribution in [0.25, 0.3) is 0 Å². The van der Waals surface area contributed by atoms with Crippen LogP contribution in [0.5, 0.6) is 0 Å². The van der Waals surface area contributed by atoms with Gasteiger partial charge in [0.25, 0.3) is 0 Å². The lowest BCUT2D eigenvalue weighted by atomic mass is 9.85. The maximum atomic E-state index is 12.6. The Bertz CT molecular complexity index is 370. The first kappa shape index (κ1) is 26.0. The lowest BCUT2D eigenvalue weighted by Gasteiger charge is -2.35. The monoisotopic (exact) mass is 409 g/mol. The fraction of sp³-hybridized carbons (Fsp3) is 0.950. The fourth-order valence-corrected chi connectivity index (χ4v) is 4.26. The number of halogens is 2. The van der Waals surface area contributed by atoms with Crippen LogP contribution in [0.15, 0.2) is 0 Å². The summed E-state index contributed by atoms with van der Waals surface area (Å²) in [7, 11) is 2.24. The van der Waals surface area contributed by atoms with Gasteiger partial charge in [-0.05, 0) is 76.5 Å². The molecule has 156 valence electrons.